The van der Waals surface area contributed by atoms with Crippen molar-refractivity contribution in [2.75, 3.05) is 20.5 Å². The third-order valence-electron chi connectivity index (χ3n) is 4.92. The Morgan fingerprint density at radius 1 is 1.11 bits per heavy atom. The molecule has 1 N–H and O–H groups in total. The van der Waals surface area contributed by atoms with E-state index in [0.717, 1.165) is 11.6 Å². The van der Waals surface area contributed by atoms with Crippen molar-refractivity contribution in [1.82, 2.24) is 0 Å². The fraction of sp³-hybridized carbons (Fsp3) is 0.269. The quantitative estimate of drug-likeness (QED) is 0.108. The molecule has 2 atom stereocenters. The molecule has 0 spiro atoms. The van der Waals surface area contributed by atoms with Crippen LogP contribution in [0.25, 0.3) is 6.08 Å². The summed E-state index contributed by atoms with van der Waals surface area (Å²) in [7, 11) is 1.44. The second-order valence-corrected chi connectivity index (χ2v) is 8.27. The fourth-order valence-corrected chi connectivity index (χ4v) is 3.41. The molecular formula is C26H28BBrF3KO6. The van der Waals surface area contributed by atoms with Gasteiger partial charge in [-0.25, -0.2) is 4.79 Å². The minimum Gasteiger partial charge on any atom is -0.507 e. The van der Waals surface area contributed by atoms with E-state index in [2.05, 4.69) is 15.9 Å². The first-order valence-electron chi connectivity index (χ1n) is 11.3. The largest absolute Gasteiger partial charge is 1.00 e. The molecule has 12 heteroatoms. The van der Waals surface area contributed by atoms with Crippen LogP contribution in [-0.4, -0.2) is 50.8 Å². The van der Waals surface area contributed by atoms with E-state index in [1.165, 1.54) is 25.3 Å². The molecule has 2 aromatic rings. The molecule has 0 aliphatic rings. The number of halogens is 4. The third-order valence-corrected chi connectivity index (χ3v) is 5.22. The zero-order chi connectivity index (χ0) is 27.1. The zero-order valence-electron chi connectivity index (χ0n) is 21.1. The van der Waals surface area contributed by atoms with Gasteiger partial charge in [-0.15, -0.1) is 5.98 Å². The molecule has 6 nitrogen and oxygen atoms in total. The molecule has 0 fully saturated rings. The van der Waals surface area contributed by atoms with E-state index < -0.39 is 30.9 Å². The van der Waals surface area contributed by atoms with Gasteiger partial charge in [-0.3, -0.25) is 0 Å². The van der Waals surface area contributed by atoms with Crippen LogP contribution in [-0.2, 0) is 25.6 Å². The summed E-state index contributed by atoms with van der Waals surface area (Å²) in [6.07, 6.45) is 4.22. The van der Waals surface area contributed by atoms with E-state index in [4.69, 9.17) is 18.9 Å². The van der Waals surface area contributed by atoms with E-state index in [1.54, 1.807) is 23.2 Å². The minimum absolute atomic E-state index is 0. The van der Waals surface area contributed by atoms with E-state index in [0.29, 0.717) is 6.61 Å². The van der Waals surface area contributed by atoms with Gasteiger partial charge in [0.15, 0.2) is 0 Å². The topological polar surface area (TPSA) is 74.2 Å². The molecule has 0 radical (unpaired) electrons. The number of carbonyl (C=O) groups is 1. The molecule has 0 bridgehead atoms. The Balaban J connectivity index is 0.00000722. The molecule has 0 unspecified atom stereocenters. The normalized spacial score (nSPS) is 13.6. The number of hydrogen-bond donors (Lipinski definition) is 1. The number of benzene rings is 2. The van der Waals surface area contributed by atoms with Crippen LogP contribution < -0.4 is 51.4 Å². The van der Waals surface area contributed by atoms with Crippen molar-refractivity contribution in [3.05, 3.63) is 94.4 Å². The maximum Gasteiger partial charge on any atom is 1.00 e. The van der Waals surface area contributed by atoms with Crippen molar-refractivity contribution < 1.29 is 93.2 Å². The fourth-order valence-electron chi connectivity index (χ4n) is 3.23. The number of aromatic hydroxyl groups is 1. The number of hydrogen-bond acceptors (Lipinski definition) is 6. The van der Waals surface area contributed by atoms with E-state index in [-0.39, 0.29) is 88.3 Å². The summed E-state index contributed by atoms with van der Waals surface area (Å²) in [6.45, 7) is -4.83. The van der Waals surface area contributed by atoms with Crippen LogP contribution in [0.15, 0.2) is 77.7 Å². The van der Waals surface area contributed by atoms with Gasteiger partial charge in [-0.2, -0.15) is 0 Å². The van der Waals surface area contributed by atoms with Gasteiger partial charge < -0.3 is 37.0 Å². The van der Waals surface area contributed by atoms with Gasteiger partial charge >= 0.3 is 64.3 Å². The van der Waals surface area contributed by atoms with Gasteiger partial charge in [-0.05, 0) is 22.2 Å². The SMILES string of the molecule is COCO[C@@H](/C=C\C=C/Br)[C@H](CCOCc1ccccc1)OC(=O)c1c(O)cccc1/C=C/[B-](F)(F)F.[K+]. The number of phenols is 1. The molecule has 0 amide bonds. The summed E-state index contributed by atoms with van der Waals surface area (Å²) in [6, 6.07) is 13.3. The summed E-state index contributed by atoms with van der Waals surface area (Å²) in [5, 5.41) is 10.3. The monoisotopic (exact) mass is 622 g/mol. The molecule has 0 saturated carbocycles. The van der Waals surface area contributed by atoms with Crippen LogP contribution >= 0.6 is 15.9 Å². The molecule has 200 valence electrons. The number of rotatable bonds is 15. The van der Waals surface area contributed by atoms with Gasteiger partial charge in [0.05, 0.1) is 13.2 Å². The Kier molecular flexibility index (Phi) is 17.4. The Morgan fingerprint density at radius 3 is 2.50 bits per heavy atom. The molecule has 2 rings (SSSR count). The van der Waals surface area contributed by atoms with Crippen molar-refractivity contribution in [1.29, 1.82) is 0 Å². The molecule has 2 aromatic carbocycles. The average Bonchev–Trinajstić information content (AvgIpc) is 2.87. The first-order valence-corrected chi connectivity index (χ1v) is 12.2. The second-order valence-electron chi connectivity index (χ2n) is 7.74. The summed E-state index contributed by atoms with van der Waals surface area (Å²) >= 11 is 3.16. The van der Waals surface area contributed by atoms with Gasteiger partial charge in [-0.1, -0.05) is 82.7 Å². The Morgan fingerprint density at radius 2 is 1.84 bits per heavy atom. The van der Waals surface area contributed by atoms with Gasteiger partial charge in [0, 0.05) is 13.5 Å². The van der Waals surface area contributed by atoms with Crippen molar-refractivity contribution in [2.24, 2.45) is 0 Å². The van der Waals surface area contributed by atoms with Crippen LogP contribution in [0.3, 0.4) is 0 Å². The number of ether oxygens (including phenoxy) is 4. The van der Waals surface area contributed by atoms with Crippen molar-refractivity contribution in [2.45, 2.75) is 25.2 Å². The molecule has 38 heavy (non-hydrogen) atoms. The number of methoxy groups -OCH3 is 1. The zero-order valence-corrected chi connectivity index (χ0v) is 25.9. The van der Waals surface area contributed by atoms with Crippen LogP contribution in [0.4, 0.5) is 12.9 Å². The number of esters is 1. The standard InChI is InChI=1S/C26H28BBrF3O6.K/c1-34-19-36-23(12-5-6-16-28)24(14-17-35-18-20-8-3-2-4-9-20)37-26(33)25-21(10-7-11-22(25)32)13-15-27(29,30)31;/h2-13,15-16,23-24,32H,14,17-19H2,1H3;/q-1;+1/b12-5-,15-13+,16-6-;/t23-,24-;/m0./s1. The van der Waals surface area contributed by atoms with Crippen LogP contribution in [0, 0.1) is 0 Å². The first kappa shape index (κ1) is 34.8. The predicted molar refractivity (Wildman–Crippen MR) is 140 cm³/mol. The summed E-state index contributed by atoms with van der Waals surface area (Å²) in [5.74, 6) is -1.47. The van der Waals surface area contributed by atoms with Crippen molar-refractivity contribution in [3.63, 3.8) is 0 Å². The minimum atomic E-state index is -5.24. The van der Waals surface area contributed by atoms with E-state index in [9.17, 15) is 22.8 Å². The molecule has 0 aliphatic carbocycles. The Hall–Kier alpha value is -1.22. The average molecular weight is 623 g/mol. The van der Waals surface area contributed by atoms with Gasteiger partial charge in [0.25, 0.3) is 0 Å². The maximum absolute atomic E-state index is 13.1. The second kappa shape index (κ2) is 19.0. The third kappa shape index (κ3) is 13.2. The van der Waals surface area contributed by atoms with Gasteiger partial charge in [0.1, 0.15) is 30.3 Å². The maximum atomic E-state index is 13.1. The number of carbonyl (C=O) groups excluding carboxylic acids is 1. The summed E-state index contributed by atoms with van der Waals surface area (Å²) in [5.41, 5.74) is 0.446. The van der Waals surface area contributed by atoms with Crippen LogP contribution in [0.2, 0.25) is 0 Å². The smallest absolute Gasteiger partial charge is 0.507 e. The first-order chi connectivity index (χ1) is 17.7. The predicted octanol–water partition coefficient (Wildman–Crippen LogP) is 3.38. The van der Waals surface area contributed by atoms with E-state index in [1.807, 2.05) is 30.3 Å². The van der Waals surface area contributed by atoms with Crippen molar-refractivity contribution in [3.8, 4) is 5.75 Å². The Labute approximate surface area is 271 Å². The van der Waals surface area contributed by atoms with Crippen molar-refractivity contribution >= 4 is 35.0 Å². The van der Waals surface area contributed by atoms with Crippen LogP contribution in [0.1, 0.15) is 27.9 Å². The molecule has 0 aliphatic heterocycles. The number of phenolic OH excluding ortho intramolecular Hbond substituents is 1. The summed E-state index contributed by atoms with van der Waals surface area (Å²) in [4.78, 5) is 14.7. The molecule has 0 aromatic heterocycles. The number of allylic oxidation sites excluding steroid dienone is 2. The summed E-state index contributed by atoms with van der Waals surface area (Å²) < 4.78 is 60.5. The molecule has 0 heterocycles. The van der Waals surface area contributed by atoms with Crippen LogP contribution in [0.5, 0.6) is 5.75 Å². The van der Waals surface area contributed by atoms with E-state index >= 15 is 0 Å². The molecule has 0 saturated heterocycles. The van der Waals surface area contributed by atoms with Gasteiger partial charge in [0.2, 0.25) is 0 Å². The molecular weight excluding hydrogens is 595 g/mol. The Bertz CT molecular complexity index is 1070.